The van der Waals surface area contributed by atoms with E-state index >= 15 is 0 Å². The number of hydrazine groups is 1. The van der Waals surface area contributed by atoms with Crippen LogP contribution < -0.4 is 5.32 Å². The van der Waals surface area contributed by atoms with Gasteiger partial charge in [0.15, 0.2) is 11.6 Å². The maximum atomic E-state index is 14.0. The first kappa shape index (κ1) is 17.0. The van der Waals surface area contributed by atoms with Crippen molar-refractivity contribution in [3.8, 4) is 0 Å². The fourth-order valence-electron chi connectivity index (χ4n) is 2.72. The van der Waals surface area contributed by atoms with Gasteiger partial charge in [-0.1, -0.05) is 11.6 Å². The molecule has 2 N–H and O–H groups in total. The molecule has 0 aromatic heterocycles. The summed E-state index contributed by atoms with van der Waals surface area (Å²) in [6.45, 7) is 0.0617. The van der Waals surface area contributed by atoms with Crippen molar-refractivity contribution in [1.82, 2.24) is 15.3 Å². The number of nitrogens with one attached hydrogen (secondary N) is 1. The SMILES string of the molecule is CN1CC(F)=C2N=C(C(=O)NCC3=CC=C(F)CC3)C=C(C(=O)O)N21. The smallest absolute Gasteiger partial charge is 0.354 e. The summed E-state index contributed by atoms with van der Waals surface area (Å²) >= 11 is 0. The average molecular weight is 350 g/mol. The number of fused-ring (bicyclic) bond motifs is 1. The van der Waals surface area contributed by atoms with Gasteiger partial charge in [0.25, 0.3) is 5.91 Å². The van der Waals surface area contributed by atoms with E-state index in [1.807, 2.05) is 0 Å². The van der Waals surface area contributed by atoms with Gasteiger partial charge in [-0.05, 0) is 12.5 Å². The van der Waals surface area contributed by atoms with Crippen LogP contribution in [0.25, 0.3) is 0 Å². The number of carboxylic acid groups (broad SMARTS) is 1. The second-order valence-corrected chi connectivity index (χ2v) is 5.81. The molecule has 25 heavy (non-hydrogen) atoms. The number of hydrogen-bond acceptors (Lipinski definition) is 5. The van der Waals surface area contributed by atoms with Gasteiger partial charge in [-0.25, -0.2) is 28.6 Å². The molecular weight excluding hydrogens is 334 g/mol. The van der Waals surface area contributed by atoms with Crippen molar-refractivity contribution in [2.45, 2.75) is 12.8 Å². The molecule has 1 amide bonds. The van der Waals surface area contributed by atoms with Gasteiger partial charge in [-0.3, -0.25) is 4.79 Å². The molecule has 0 fully saturated rings. The second-order valence-electron chi connectivity index (χ2n) is 5.81. The van der Waals surface area contributed by atoms with Crippen LogP contribution in [0.15, 0.2) is 52.0 Å². The number of likely N-dealkylation sites (N-methyl/N-ethyl adjacent to an activating group) is 1. The van der Waals surface area contributed by atoms with Gasteiger partial charge in [0.05, 0.1) is 6.54 Å². The predicted molar refractivity (Wildman–Crippen MR) is 85.3 cm³/mol. The predicted octanol–water partition coefficient (Wildman–Crippen LogP) is 1.40. The molecule has 7 nitrogen and oxygen atoms in total. The van der Waals surface area contributed by atoms with E-state index in [9.17, 15) is 23.5 Å². The third-order valence-corrected chi connectivity index (χ3v) is 3.99. The minimum absolute atomic E-state index is 0.122. The Kier molecular flexibility index (Phi) is 4.49. The Balaban J connectivity index is 1.78. The van der Waals surface area contributed by atoms with E-state index in [0.717, 1.165) is 16.7 Å². The van der Waals surface area contributed by atoms with Crippen molar-refractivity contribution in [2.24, 2.45) is 4.99 Å². The molecule has 3 aliphatic rings. The Labute approximate surface area is 142 Å². The third kappa shape index (κ3) is 3.36. The molecule has 0 unspecified atom stereocenters. The summed E-state index contributed by atoms with van der Waals surface area (Å²) in [6.07, 6.45) is 4.81. The van der Waals surface area contributed by atoms with Crippen LogP contribution in [0, 0.1) is 0 Å². The zero-order valence-corrected chi connectivity index (χ0v) is 13.4. The van der Waals surface area contributed by atoms with Gasteiger partial charge < -0.3 is 10.4 Å². The Hall–Kier alpha value is -2.81. The van der Waals surface area contributed by atoms with Crippen LogP contribution in [0.3, 0.4) is 0 Å². The first-order valence-corrected chi connectivity index (χ1v) is 7.62. The molecule has 0 spiro atoms. The average Bonchev–Trinajstić information content (AvgIpc) is 2.87. The van der Waals surface area contributed by atoms with Crippen LogP contribution in [0.2, 0.25) is 0 Å². The van der Waals surface area contributed by atoms with Crippen LogP contribution in [0.4, 0.5) is 8.78 Å². The molecule has 132 valence electrons. The number of rotatable bonds is 4. The normalized spacial score (nSPS) is 20.5. The molecule has 0 atom stereocenters. The number of carbonyl (C=O) groups excluding carboxylic acids is 1. The van der Waals surface area contributed by atoms with Crippen molar-refractivity contribution in [2.75, 3.05) is 20.1 Å². The molecule has 2 aliphatic heterocycles. The van der Waals surface area contributed by atoms with Crippen LogP contribution in [0.1, 0.15) is 12.8 Å². The molecule has 3 rings (SSSR count). The molecule has 1 aliphatic carbocycles. The fourth-order valence-corrected chi connectivity index (χ4v) is 2.72. The number of carboxylic acids is 1. The van der Waals surface area contributed by atoms with E-state index in [2.05, 4.69) is 10.3 Å². The molecule has 2 heterocycles. The van der Waals surface area contributed by atoms with E-state index in [0.29, 0.717) is 6.42 Å². The molecular formula is C16H16F2N4O3. The van der Waals surface area contributed by atoms with Gasteiger partial charge in [-0.15, -0.1) is 0 Å². The first-order chi connectivity index (χ1) is 11.9. The van der Waals surface area contributed by atoms with E-state index in [-0.39, 0.29) is 42.6 Å². The number of aliphatic imine (C=N–C) groups is 1. The molecule has 0 bridgehead atoms. The Morgan fingerprint density at radius 3 is 2.72 bits per heavy atom. The monoisotopic (exact) mass is 350 g/mol. The topological polar surface area (TPSA) is 85.2 Å². The summed E-state index contributed by atoms with van der Waals surface area (Å²) in [5.74, 6) is -2.95. The van der Waals surface area contributed by atoms with Gasteiger partial charge in [0.1, 0.15) is 17.2 Å². The van der Waals surface area contributed by atoms with E-state index in [4.69, 9.17) is 0 Å². The first-order valence-electron chi connectivity index (χ1n) is 7.62. The van der Waals surface area contributed by atoms with Crippen LogP contribution in [-0.4, -0.2) is 52.8 Å². The van der Waals surface area contributed by atoms with Gasteiger partial charge in [-0.2, -0.15) is 0 Å². The molecule has 0 radical (unpaired) electrons. The maximum absolute atomic E-state index is 14.0. The highest BCUT2D eigenvalue weighted by atomic mass is 19.1. The number of aliphatic carboxylic acids is 1. The lowest BCUT2D eigenvalue weighted by Gasteiger charge is -2.29. The van der Waals surface area contributed by atoms with Crippen LogP contribution in [-0.2, 0) is 9.59 Å². The molecule has 9 heteroatoms. The maximum Gasteiger partial charge on any atom is 0.354 e. The molecule has 0 aromatic rings. The van der Waals surface area contributed by atoms with Crippen LogP contribution in [0.5, 0.6) is 0 Å². The van der Waals surface area contributed by atoms with Crippen LogP contribution >= 0.6 is 0 Å². The summed E-state index contributed by atoms with van der Waals surface area (Å²) in [4.78, 5) is 27.7. The number of allylic oxidation sites excluding steroid dienone is 3. The lowest BCUT2D eigenvalue weighted by atomic mass is 10.0. The highest BCUT2D eigenvalue weighted by Gasteiger charge is 2.37. The number of amides is 1. The minimum atomic E-state index is -1.30. The van der Waals surface area contributed by atoms with Crippen molar-refractivity contribution in [3.05, 3.63) is 47.0 Å². The van der Waals surface area contributed by atoms with E-state index in [1.165, 1.54) is 18.1 Å². The quantitative estimate of drug-likeness (QED) is 0.801. The summed E-state index contributed by atoms with van der Waals surface area (Å²) in [6, 6.07) is 0. The van der Waals surface area contributed by atoms with Gasteiger partial charge >= 0.3 is 5.97 Å². The summed E-state index contributed by atoms with van der Waals surface area (Å²) < 4.78 is 26.9. The van der Waals surface area contributed by atoms with Crippen molar-refractivity contribution < 1.29 is 23.5 Å². The summed E-state index contributed by atoms with van der Waals surface area (Å²) in [5, 5.41) is 14.4. The number of nitrogens with zero attached hydrogens (tertiary/aromatic N) is 3. The Morgan fingerprint density at radius 2 is 2.08 bits per heavy atom. The zero-order valence-electron chi connectivity index (χ0n) is 13.4. The second kappa shape index (κ2) is 6.60. The zero-order chi connectivity index (χ0) is 18.1. The third-order valence-electron chi connectivity index (χ3n) is 3.99. The molecule has 0 aromatic carbocycles. The molecule has 0 saturated heterocycles. The van der Waals surface area contributed by atoms with E-state index < -0.39 is 17.7 Å². The highest BCUT2D eigenvalue weighted by molar-refractivity contribution is 6.44. The summed E-state index contributed by atoms with van der Waals surface area (Å²) in [5.41, 5.74) is 0.389. The van der Waals surface area contributed by atoms with E-state index in [1.54, 1.807) is 6.08 Å². The minimum Gasteiger partial charge on any atom is -0.477 e. The number of carbonyl (C=O) groups is 2. The Bertz CT molecular complexity index is 795. The lowest BCUT2D eigenvalue weighted by Crippen LogP contribution is -2.41. The van der Waals surface area contributed by atoms with Crippen molar-refractivity contribution in [3.63, 3.8) is 0 Å². The summed E-state index contributed by atoms with van der Waals surface area (Å²) in [7, 11) is 1.52. The van der Waals surface area contributed by atoms with Crippen molar-refractivity contribution >= 4 is 17.6 Å². The molecule has 0 saturated carbocycles. The largest absolute Gasteiger partial charge is 0.477 e. The van der Waals surface area contributed by atoms with Crippen molar-refractivity contribution in [1.29, 1.82) is 0 Å². The fraction of sp³-hybridized carbons (Fsp3) is 0.312. The number of halogens is 2. The Morgan fingerprint density at radius 1 is 1.32 bits per heavy atom. The standard InChI is InChI=1S/C16H16F2N4O3/c1-21-8-11(18)14-20-12(6-13(16(24)25)22(14)21)15(23)19-7-9-2-4-10(17)5-3-9/h2,4,6H,3,5,7-8H2,1H3,(H,19,23)(H,24,25). The number of hydrogen-bond donors (Lipinski definition) is 2. The lowest BCUT2D eigenvalue weighted by molar-refractivity contribution is -0.135. The van der Waals surface area contributed by atoms with Gasteiger partial charge in [0.2, 0.25) is 0 Å². The van der Waals surface area contributed by atoms with Gasteiger partial charge in [0, 0.05) is 26.1 Å². The highest BCUT2D eigenvalue weighted by Crippen LogP contribution is 2.31.